The van der Waals surface area contributed by atoms with E-state index in [4.69, 9.17) is 10.2 Å². The van der Waals surface area contributed by atoms with Crippen LogP contribution >= 0.6 is 0 Å². The second kappa shape index (κ2) is 6.77. The molecule has 0 spiro atoms. The van der Waals surface area contributed by atoms with Gasteiger partial charge < -0.3 is 15.5 Å². The van der Waals surface area contributed by atoms with Crippen LogP contribution in [-0.4, -0.2) is 35.2 Å². The first-order chi connectivity index (χ1) is 11.5. The third kappa shape index (κ3) is 2.96. The molecule has 0 aromatic heterocycles. The van der Waals surface area contributed by atoms with Crippen molar-refractivity contribution >= 4 is 11.9 Å². The van der Waals surface area contributed by atoms with Crippen molar-refractivity contribution in [1.82, 2.24) is 5.32 Å². The lowest BCUT2D eigenvalue weighted by Gasteiger charge is -2.39. The predicted octanol–water partition coefficient (Wildman–Crippen LogP) is 2.29. The quantitative estimate of drug-likeness (QED) is 0.741. The normalized spacial score (nSPS) is 33.1. The lowest BCUT2D eigenvalue weighted by atomic mass is 9.64. The van der Waals surface area contributed by atoms with Crippen molar-refractivity contribution in [2.45, 2.75) is 24.7 Å². The van der Waals surface area contributed by atoms with Gasteiger partial charge in [-0.1, -0.05) is 30.3 Å². The van der Waals surface area contributed by atoms with Crippen LogP contribution in [0.5, 0.6) is 0 Å². The maximum Gasteiger partial charge on any atom is 0.328 e. The zero-order chi connectivity index (χ0) is 17.2. The fraction of sp³-hybridized carbons (Fsp3) is 0.474. The molecule has 5 heteroatoms. The maximum atomic E-state index is 9.55. The van der Waals surface area contributed by atoms with E-state index in [0.29, 0.717) is 17.6 Å². The van der Waals surface area contributed by atoms with Gasteiger partial charge in [-0.3, -0.25) is 0 Å². The molecule has 2 aliphatic carbocycles. The van der Waals surface area contributed by atoms with E-state index in [9.17, 15) is 9.59 Å². The third-order valence-electron chi connectivity index (χ3n) is 5.89. The molecule has 4 atom stereocenters. The van der Waals surface area contributed by atoms with Gasteiger partial charge in [0, 0.05) is 24.1 Å². The van der Waals surface area contributed by atoms with E-state index in [2.05, 4.69) is 35.6 Å². The van der Waals surface area contributed by atoms with Crippen molar-refractivity contribution in [2.24, 2.45) is 17.8 Å². The van der Waals surface area contributed by atoms with Crippen molar-refractivity contribution in [2.75, 3.05) is 13.1 Å². The van der Waals surface area contributed by atoms with Gasteiger partial charge in [0.1, 0.15) is 0 Å². The molecule has 4 rings (SSSR count). The van der Waals surface area contributed by atoms with Gasteiger partial charge in [-0.25, -0.2) is 9.59 Å². The highest BCUT2D eigenvalue weighted by Gasteiger charge is 2.60. The summed E-state index contributed by atoms with van der Waals surface area (Å²) in [6.45, 7) is 2.49. The van der Waals surface area contributed by atoms with Crippen LogP contribution in [-0.2, 0) is 15.0 Å². The molecular weight excluding hydrogens is 306 g/mol. The van der Waals surface area contributed by atoms with E-state index in [1.807, 2.05) is 0 Å². The highest BCUT2D eigenvalue weighted by atomic mass is 16.4. The third-order valence-corrected chi connectivity index (χ3v) is 5.89. The summed E-state index contributed by atoms with van der Waals surface area (Å²) >= 11 is 0. The van der Waals surface area contributed by atoms with Crippen LogP contribution in [0.4, 0.5) is 0 Å². The minimum Gasteiger partial charge on any atom is -0.478 e. The van der Waals surface area contributed by atoms with Crippen molar-refractivity contribution in [1.29, 1.82) is 0 Å². The van der Waals surface area contributed by atoms with Gasteiger partial charge in [0.05, 0.1) is 0 Å². The molecule has 0 amide bonds. The fourth-order valence-corrected chi connectivity index (χ4v) is 5.07. The first kappa shape index (κ1) is 16.7. The van der Waals surface area contributed by atoms with Crippen molar-refractivity contribution in [3.63, 3.8) is 0 Å². The number of nitrogens with one attached hydrogen (secondary N) is 1. The van der Waals surface area contributed by atoms with E-state index in [-0.39, 0.29) is 0 Å². The van der Waals surface area contributed by atoms with Gasteiger partial charge in [0.15, 0.2) is 0 Å². The van der Waals surface area contributed by atoms with Gasteiger partial charge >= 0.3 is 11.9 Å². The molecule has 1 aromatic rings. The van der Waals surface area contributed by atoms with E-state index in [1.165, 1.54) is 32.4 Å². The monoisotopic (exact) mass is 329 g/mol. The summed E-state index contributed by atoms with van der Waals surface area (Å²) in [6, 6.07) is 11.3. The zero-order valence-electron chi connectivity index (χ0n) is 13.5. The van der Waals surface area contributed by atoms with Crippen LogP contribution in [0.25, 0.3) is 0 Å². The molecule has 1 aromatic carbocycles. The molecule has 4 unspecified atom stereocenters. The molecule has 3 fully saturated rings. The van der Waals surface area contributed by atoms with Gasteiger partial charge in [-0.05, 0) is 49.1 Å². The second-order valence-corrected chi connectivity index (χ2v) is 6.92. The van der Waals surface area contributed by atoms with Crippen LogP contribution in [0.15, 0.2) is 42.5 Å². The summed E-state index contributed by atoms with van der Waals surface area (Å²) in [5.41, 5.74) is 2.11. The smallest absolute Gasteiger partial charge is 0.328 e. The van der Waals surface area contributed by atoms with Gasteiger partial charge in [-0.2, -0.15) is 0 Å². The highest BCUT2D eigenvalue weighted by molar-refractivity contribution is 5.89. The van der Waals surface area contributed by atoms with E-state index >= 15 is 0 Å². The molecule has 1 saturated heterocycles. The van der Waals surface area contributed by atoms with Gasteiger partial charge in [0.25, 0.3) is 0 Å². The summed E-state index contributed by atoms with van der Waals surface area (Å²) in [5, 5.41) is 19.3. The Morgan fingerprint density at radius 3 is 2.38 bits per heavy atom. The van der Waals surface area contributed by atoms with Crippen molar-refractivity contribution in [3.05, 3.63) is 48.0 Å². The number of aliphatic carboxylic acids is 2. The van der Waals surface area contributed by atoms with E-state index in [0.717, 1.165) is 17.8 Å². The number of hydrogen-bond donors (Lipinski definition) is 3. The Balaban J connectivity index is 0.000000183. The van der Waals surface area contributed by atoms with Crippen LogP contribution in [0.1, 0.15) is 24.8 Å². The van der Waals surface area contributed by atoms with Crippen LogP contribution < -0.4 is 5.32 Å². The molecule has 128 valence electrons. The first-order valence-electron chi connectivity index (χ1n) is 8.44. The standard InChI is InChI=1S/C15H19N.C4H4O4/c1-2-4-12(5-3-1)15-10-16-9-14(15)11-6-7-13(15)8-11;5-3(6)1-2-4(7)8/h1-5,11,13-14,16H,6-10H2;1-2H,(H,5,6)(H,7,8). The Morgan fingerprint density at radius 2 is 1.75 bits per heavy atom. The minimum atomic E-state index is -1.26. The molecule has 24 heavy (non-hydrogen) atoms. The molecular formula is C19H23NO4. The van der Waals surface area contributed by atoms with Crippen molar-refractivity contribution in [3.8, 4) is 0 Å². The number of hydrogen-bond acceptors (Lipinski definition) is 3. The lowest BCUT2D eigenvalue weighted by Crippen LogP contribution is -2.40. The SMILES string of the molecule is O=C(O)C=CC(=O)O.c1ccc(C23CNCC2C2CCC3C2)cc1. The lowest BCUT2D eigenvalue weighted by molar-refractivity contribution is -0.134. The van der Waals surface area contributed by atoms with Crippen LogP contribution in [0, 0.1) is 17.8 Å². The Morgan fingerprint density at radius 1 is 1.08 bits per heavy atom. The largest absolute Gasteiger partial charge is 0.478 e. The van der Waals surface area contributed by atoms with Gasteiger partial charge in [-0.15, -0.1) is 0 Å². The Bertz CT molecular complexity index is 626. The molecule has 3 N–H and O–H groups in total. The molecule has 2 bridgehead atoms. The highest BCUT2D eigenvalue weighted by Crippen LogP contribution is 2.61. The topological polar surface area (TPSA) is 86.6 Å². The molecule has 2 saturated carbocycles. The predicted molar refractivity (Wildman–Crippen MR) is 89.7 cm³/mol. The number of carboxylic acids is 2. The molecule has 5 nitrogen and oxygen atoms in total. The minimum absolute atomic E-state index is 0.504. The maximum absolute atomic E-state index is 9.55. The average Bonchev–Trinajstić information content (AvgIpc) is 3.27. The first-order valence-corrected chi connectivity index (χ1v) is 8.44. The summed E-state index contributed by atoms with van der Waals surface area (Å²) in [5.74, 6) is 0.383. The Kier molecular flexibility index (Phi) is 4.71. The molecule has 0 radical (unpaired) electrons. The summed E-state index contributed by atoms with van der Waals surface area (Å²) in [6.07, 6.45) is 5.58. The molecule has 3 aliphatic rings. The van der Waals surface area contributed by atoms with Crippen molar-refractivity contribution < 1.29 is 19.8 Å². The van der Waals surface area contributed by atoms with Crippen LogP contribution in [0.2, 0.25) is 0 Å². The summed E-state index contributed by atoms with van der Waals surface area (Å²) in [4.78, 5) is 19.1. The fourth-order valence-electron chi connectivity index (χ4n) is 5.07. The number of fused-ring (bicyclic) bond motifs is 5. The zero-order valence-corrected chi connectivity index (χ0v) is 13.5. The molecule has 1 heterocycles. The summed E-state index contributed by atoms with van der Waals surface area (Å²) < 4.78 is 0. The summed E-state index contributed by atoms with van der Waals surface area (Å²) in [7, 11) is 0. The molecule has 1 aliphatic heterocycles. The number of rotatable bonds is 3. The Hall–Kier alpha value is -2.14. The number of carbonyl (C=O) groups is 2. The second-order valence-electron chi connectivity index (χ2n) is 6.92. The van der Waals surface area contributed by atoms with E-state index in [1.54, 1.807) is 5.56 Å². The average molecular weight is 329 g/mol. The van der Waals surface area contributed by atoms with Crippen LogP contribution in [0.3, 0.4) is 0 Å². The Labute approximate surface area is 141 Å². The van der Waals surface area contributed by atoms with Gasteiger partial charge in [0.2, 0.25) is 0 Å². The number of benzene rings is 1. The van der Waals surface area contributed by atoms with E-state index < -0.39 is 11.9 Å². The number of carboxylic acid groups (broad SMARTS) is 2.